The predicted octanol–water partition coefficient (Wildman–Crippen LogP) is 6.13. The van der Waals surface area contributed by atoms with Crippen LogP contribution in [0.25, 0.3) is 22.0 Å². The number of hydrogen-bond donors (Lipinski definition) is 1. The van der Waals surface area contributed by atoms with Crippen molar-refractivity contribution in [1.29, 1.82) is 0 Å². The van der Waals surface area contributed by atoms with Gasteiger partial charge in [0.15, 0.2) is 0 Å². The van der Waals surface area contributed by atoms with Gasteiger partial charge in [-0.05, 0) is 34.5 Å². The number of rotatable bonds is 3. The highest BCUT2D eigenvalue weighted by atomic mass is 35.5. The molecule has 1 heterocycles. The van der Waals surface area contributed by atoms with Crippen molar-refractivity contribution >= 4 is 34.0 Å². The Labute approximate surface area is 150 Å². The Morgan fingerprint density at radius 2 is 1.75 bits per heavy atom. The van der Waals surface area contributed by atoms with E-state index in [1.165, 1.54) is 16.3 Å². The molecule has 0 aliphatic rings. The first-order chi connectivity index (χ1) is 11.7. The topological polar surface area (TPSA) is 28.7 Å². The molecule has 3 aromatic carbocycles. The molecule has 24 heavy (non-hydrogen) atoms. The molecular weight excluding hydrogens is 339 g/mol. The van der Waals surface area contributed by atoms with Gasteiger partial charge in [-0.1, -0.05) is 65.7 Å². The Morgan fingerprint density at radius 1 is 0.917 bits per heavy atom. The molecule has 118 valence electrons. The number of imidazole rings is 1. The van der Waals surface area contributed by atoms with Gasteiger partial charge in [0.25, 0.3) is 0 Å². The van der Waals surface area contributed by atoms with Crippen molar-refractivity contribution in [2.45, 2.75) is 6.42 Å². The van der Waals surface area contributed by atoms with Gasteiger partial charge in [-0.15, -0.1) is 0 Å². The number of nitrogens with one attached hydrogen (secondary N) is 1. The van der Waals surface area contributed by atoms with Crippen molar-refractivity contribution in [3.05, 3.63) is 88.3 Å². The Kier molecular flexibility index (Phi) is 4.01. The summed E-state index contributed by atoms with van der Waals surface area (Å²) in [5.74, 6) is 0.900. The van der Waals surface area contributed by atoms with E-state index in [0.29, 0.717) is 10.0 Å². The first-order valence-corrected chi connectivity index (χ1v) is 8.42. The number of fused-ring (bicyclic) bond motifs is 1. The smallest absolute Gasteiger partial charge is 0.111 e. The molecule has 0 unspecified atom stereocenters. The van der Waals surface area contributed by atoms with Gasteiger partial charge in [0.2, 0.25) is 0 Å². The molecule has 0 aliphatic carbocycles. The van der Waals surface area contributed by atoms with Crippen molar-refractivity contribution in [2.75, 3.05) is 0 Å². The Morgan fingerprint density at radius 3 is 2.67 bits per heavy atom. The highest BCUT2D eigenvalue weighted by Crippen LogP contribution is 2.30. The van der Waals surface area contributed by atoms with Gasteiger partial charge < -0.3 is 4.98 Å². The molecule has 0 spiro atoms. The fourth-order valence-electron chi connectivity index (χ4n) is 2.91. The zero-order chi connectivity index (χ0) is 16.5. The van der Waals surface area contributed by atoms with Crippen LogP contribution in [0.5, 0.6) is 0 Å². The second kappa shape index (κ2) is 6.31. The lowest BCUT2D eigenvalue weighted by atomic mass is 10.0. The van der Waals surface area contributed by atoms with Crippen LogP contribution >= 0.6 is 23.2 Å². The maximum absolute atomic E-state index is 6.27. The van der Waals surface area contributed by atoms with Crippen LogP contribution in [-0.2, 0) is 6.42 Å². The summed E-state index contributed by atoms with van der Waals surface area (Å²) in [5, 5.41) is 3.77. The molecular formula is C20H14Cl2N2. The lowest BCUT2D eigenvalue weighted by molar-refractivity contribution is 1.04. The van der Waals surface area contributed by atoms with E-state index in [4.69, 9.17) is 23.2 Å². The highest BCUT2D eigenvalue weighted by Gasteiger charge is 2.10. The van der Waals surface area contributed by atoms with Crippen molar-refractivity contribution in [3.63, 3.8) is 0 Å². The van der Waals surface area contributed by atoms with Crippen LogP contribution in [0, 0.1) is 0 Å². The molecule has 0 bridgehead atoms. The van der Waals surface area contributed by atoms with Crippen molar-refractivity contribution < 1.29 is 0 Å². The standard InChI is InChI=1S/C20H14Cl2N2/c21-15-8-9-18(22)17(11-15)19-12-23-20(24-19)10-14-6-3-5-13-4-1-2-7-16(13)14/h1-9,11-12H,10H2,(H,23,24). The molecule has 4 aromatic rings. The number of aromatic nitrogens is 2. The van der Waals surface area contributed by atoms with Crippen LogP contribution in [0.1, 0.15) is 11.4 Å². The van der Waals surface area contributed by atoms with Crippen LogP contribution in [0.3, 0.4) is 0 Å². The largest absolute Gasteiger partial charge is 0.348 e. The maximum Gasteiger partial charge on any atom is 0.111 e. The van der Waals surface area contributed by atoms with Gasteiger partial charge >= 0.3 is 0 Å². The maximum atomic E-state index is 6.27. The van der Waals surface area contributed by atoms with E-state index in [-0.39, 0.29) is 0 Å². The summed E-state index contributed by atoms with van der Waals surface area (Å²) >= 11 is 12.3. The predicted molar refractivity (Wildman–Crippen MR) is 101 cm³/mol. The van der Waals surface area contributed by atoms with Gasteiger partial charge in [-0.2, -0.15) is 0 Å². The van der Waals surface area contributed by atoms with Crippen LogP contribution in [0.2, 0.25) is 10.0 Å². The second-order valence-electron chi connectivity index (χ2n) is 5.67. The van der Waals surface area contributed by atoms with Gasteiger partial charge in [-0.3, -0.25) is 0 Å². The molecule has 0 saturated carbocycles. The number of hydrogen-bond acceptors (Lipinski definition) is 1. The van der Waals surface area contributed by atoms with Crippen LogP contribution in [0.15, 0.2) is 66.9 Å². The van der Waals surface area contributed by atoms with Gasteiger partial charge in [0.1, 0.15) is 5.82 Å². The molecule has 2 nitrogen and oxygen atoms in total. The van der Waals surface area contributed by atoms with E-state index in [1.807, 2.05) is 12.3 Å². The molecule has 4 heteroatoms. The third-order valence-corrected chi connectivity index (χ3v) is 4.64. The summed E-state index contributed by atoms with van der Waals surface area (Å²) in [6, 6.07) is 20.1. The molecule has 0 aliphatic heterocycles. The summed E-state index contributed by atoms with van der Waals surface area (Å²) in [4.78, 5) is 7.94. The summed E-state index contributed by atoms with van der Waals surface area (Å²) in [5.41, 5.74) is 2.88. The number of aromatic amines is 1. The minimum Gasteiger partial charge on any atom is -0.348 e. The van der Waals surface area contributed by atoms with Gasteiger partial charge in [0.05, 0.1) is 10.7 Å². The first kappa shape index (κ1) is 15.3. The lowest BCUT2D eigenvalue weighted by Crippen LogP contribution is -1.92. The third-order valence-electron chi connectivity index (χ3n) is 4.07. The van der Waals surface area contributed by atoms with Crippen LogP contribution in [-0.4, -0.2) is 9.97 Å². The van der Waals surface area contributed by atoms with Crippen molar-refractivity contribution in [2.24, 2.45) is 0 Å². The third kappa shape index (κ3) is 2.91. The number of H-pyrrole nitrogens is 1. The molecule has 0 radical (unpaired) electrons. The monoisotopic (exact) mass is 352 g/mol. The van der Waals surface area contributed by atoms with Gasteiger partial charge in [-0.25, -0.2) is 4.98 Å². The lowest BCUT2D eigenvalue weighted by Gasteiger charge is -2.05. The van der Waals surface area contributed by atoms with Crippen LogP contribution in [0.4, 0.5) is 0 Å². The fraction of sp³-hybridized carbons (Fsp3) is 0.0500. The molecule has 0 amide bonds. The Bertz CT molecular complexity index is 1020. The molecule has 0 atom stereocenters. The number of nitrogens with zero attached hydrogens (tertiary/aromatic N) is 1. The van der Waals surface area contributed by atoms with E-state index in [2.05, 4.69) is 52.4 Å². The molecule has 1 N–H and O–H groups in total. The minimum absolute atomic E-state index is 0.641. The first-order valence-electron chi connectivity index (χ1n) is 7.67. The number of benzene rings is 3. The minimum atomic E-state index is 0.641. The Balaban J connectivity index is 1.69. The van der Waals surface area contributed by atoms with Gasteiger partial charge in [0, 0.05) is 23.2 Å². The summed E-state index contributed by atoms with van der Waals surface area (Å²) in [6.45, 7) is 0. The van der Waals surface area contributed by atoms with E-state index >= 15 is 0 Å². The molecule has 1 aromatic heterocycles. The molecule has 4 rings (SSSR count). The number of halogens is 2. The zero-order valence-electron chi connectivity index (χ0n) is 12.8. The zero-order valence-corrected chi connectivity index (χ0v) is 14.3. The second-order valence-corrected chi connectivity index (χ2v) is 6.52. The average Bonchev–Trinajstić information content (AvgIpc) is 3.06. The highest BCUT2D eigenvalue weighted by molar-refractivity contribution is 6.35. The van der Waals surface area contributed by atoms with Crippen LogP contribution < -0.4 is 0 Å². The summed E-state index contributed by atoms with van der Waals surface area (Å²) in [7, 11) is 0. The quantitative estimate of drug-likeness (QED) is 0.472. The van der Waals surface area contributed by atoms with E-state index in [9.17, 15) is 0 Å². The average molecular weight is 353 g/mol. The molecule has 0 fully saturated rings. The van der Waals surface area contributed by atoms with Crippen molar-refractivity contribution in [3.8, 4) is 11.3 Å². The summed E-state index contributed by atoms with van der Waals surface area (Å²) in [6.07, 6.45) is 2.61. The molecule has 0 saturated heterocycles. The normalized spacial score (nSPS) is 11.1. The Hall–Kier alpha value is -2.29. The van der Waals surface area contributed by atoms with E-state index in [1.54, 1.807) is 12.1 Å². The van der Waals surface area contributed by atoms with E-state index < -0.39 is 0 Å². The SMILES string of the molecule is Clc1ccc(Cl)c(-c2c[nH]c(Cc3cccc4ccccc34)n2)c1. The fourth-order valence-corrected chi connectivity index (χ4v) is 3.30. The van der Waals surface area contributed by atoms with E-state index in [0.717, 1.165) is 23.5 Å². The van der Waals surface area contributed by atoms with Crippen molar-refractivity contribution in [1.82, 2.24) is 9.97 Å². The summed E-state index contributed by atoms with van der Waals surface area (Å²) < 4.78 is 0.